The van der Waals surface area contributed by atoms with Crippen molar-refractivity contribution in [2.75, 3.05) is 0 Å². The van der Waals surface area contributed by atoms with Crippen LogP contribution in [-0.2, 0) is 15.6 Å². The summed E-state index contributed by atoms with van der Waals surface area (Å²) in [6.45, 7) is 22.1. The zero-order valence-electron chi connectivity index (χ0n) is 23.7. The summed E-state index contributed by atoms with van der Waals surface area (Å²) in [5.74, 6) is 1.35. The van der Waals surface area contributed by atoms with E-state index in [-0.39, 0.29) is 12.0 Å². The van der Waals surface area contributed by atoms with E-state index in [2.05, 4.69) is 66.7 Å². The van der Waals surface area contributed by atoms with Crippen LogP contribution in [0.3, 0.4) is 0 Å². The molecular weight excluding hydrogens is 450 g/mol. The van der Waals surface area contributed by atoms with Crippen LogP contribution in [0.1, 0.15) is 106 Å². The Labute approximate surface area is 214 Å². The molecule has 0 radical (unpaired) electrons. The van der Waals surface area contributed by atoms with Crippen molar-refractivity contribution in [3.05, 3.63) is 47.4 Å². The molecule has 0 fully saturated rings. The number of rotatable bonds is 7. The third-order valence-corrected chi connectivity index (χ3v) is 13.6. The average Bonchev–Trinajstić information content (AvgIpc) is 2.97. The topological polar surface area (TPSA) is 40.5 Å². The van der Waals surface area contributed by atoms with Crippen molar-refractivity contribution < 1.29 is 14.0 Å². The molecule has 194 valence electrons. The van der Waals surface area contributed by atoms with Crippen LogP contribution in [0.5, 0.6) is 0 Å². The number of ether oxygens (including phenoxy) is 1. The van der Waals surface area contributed by atoms with Crippen molar-refractivity contribution in [3.8, 4) is 0 Å². The van der Waals surface area contributed by atoms with Crippen molar-refractivity contribution in [2.45, 2.75) is 123 Å². The first-order valence-corrected chi connectivity index (χ1v) is 15.7. The Kier molecular flexibility index (Phi) is 8.30. The molecule has 0 amide bonds. The highest BCUT2D eigenvalue weighted by Gasteiger charge is 2.47. The molecular formula is C30H47NO3Si. The molecule has 1 aromatic carbocycles. The van der Waals surface area contributed by atoms with Crippen molar-refractivity contribution in [3.63, 3.8) is 0 Å². The molecule has 0 bridgehead atoms. The van der Waals surface area contributed by atoms with Gasteiger partial charge in [-0.3, -0.25) is 0 Å². The van der Waals surface area contributed by atoms with Crippen LogP contribution >= 0.6 is 0 Å². The quantitative estimate of drug-likeness (QED) is 0.358. The molecule has 0 N–H and O–H groups in total. The van der Waals surface area contributed by atoms with Gasteiger partial charge >= 0.3 is 6.09 Å². The normalized spacial score (nSPS) is 17.1. The van der Waals surface area contributed by atoms with Gasteiger partial charge in [0.15, 0.2) is 0 Å². The second-order valence-corrected chi connectivity index (χ2v) is 17.5. The van der Waals surface area contributed by atoms with Crippen LogP contribution in [0, 0.1) is 0 Å². The van der Waals surface area contributed by atoms with Gasteiger partial charge in [0, 0.05) is 23.4 Å². The van der Waals surface area contributed by atoms with Gasteiger partial charge in [-0.15, -0.1) is 0 Å². The van der Waals surface area contributed by atoms with Crippen LogP contribution < -0.4 is 0 Å². The van der Waals surface area contributed by atoms with Crippen molar-refractivity contribution in [2.24, 2.45) is 0 Å². The highest BCUT2D eigenvalue weighted by molar-refractivity contribution is 6.77. The molecule has 0 saturated carbocycles. The number of carbonyl (C=O) groups is 1. The number of benzene rings is 1. The predicted molar refractivity (Wildman–Crippen MR) is 150 cm³/mol. The molecule has 0 spiro atoms. The van der Waals surface area contributed by atoms with E-state index in [0.717, 1.165) is 48.0 Å². The van der Waals surface area contributed by atoms with E-state index in [1.54, 1.807) is 0 Å². The molecule has 35 heavy (non-hydrogen) atoms. The molecule has 1 heterocycles. The highest BCUT2D eigenvalue weighted by atomic mass is 28.4. The Balaban J connectivity index is 2.15. The summed E-state index contributed by atoms with van der Waals surface area (Å²) in [6.07, 6.45) is 5.80. The maximum atomic E-state index is 13.5. The third-order valence-electron chi connectivity index (χ3n) is 7.57. The molecule has 3 rings (SSSR count). The largest absolute Gasteiger partial charge is 0.546 e. The van der Waals surface area contributed by atoms with Gasteiger partial charge in [0.05, 0.1) is 11.3 Å². The Morgan fingerprint density at radius 3 is 2.17 bits per heavy atom. The fourth-order valence-corrected chi connectivity index (χ4v) is 11.7. The number of carbonyl (C=O) groups excluding carboxylic acids is 1. The SMILES string of the molecule is CCCC1C=C(O[Si](C(C)C)(C(C)C)C(C)C)CCc2c1c1ccccc1n2C(=O)OC(C)(C)C. The fraction of sp³-hybridized carbons (Fsp3) is 0.633. The lowest BCUT2D eigenvalue weighted by atomic mass is 9.92. The number of allylic oxidation sites excluding steroid dienone is 2. The molecule has 1 unspecified atom stereocenters. The number of nitrogens with zero attached hydrogens (tertiary/aromatic N) is 1. The highest BCUT2D eigenvalue weighted by Crippen LogP contribution is 2.46. The Morgan fingerprint density at radius 1 is 1.03 bits per heavy atom. The number of hydrogen-bond acceptors (Lipinski definition) is 3. The van der Waals surface area contributed by atoms with Crippen LogP contribution in [-0.4, -0.2) is 24.6 Å². The van der Waals surface area contributed by atoms with Crippen molar-refractivity contribution in [1.29, 1.82) is 0 Å². The van der Waals surface area contributed by atoms with Gasteiger partial charge in [-0.1, -0.05) is 73.1 Å². The maximum absolute atomic E-state index is 13.5. The Bertz CT molecular complexity index is 1050. The number of fused-ring (bicyclic) bond motifs is 3. The smallest absolute Gasteiger partial charge is 0.419 e. The molecule has 1 aromatic heterocycles. The van der Waals surface area contributed by atoms with E-state index in [1.165, 1.54) is 5.56 Å². The van der Waals surface area contributed by atoms with Crippen LogP contribution in [0.4, 0.5) is 4.79 Å². The molecule has 4 nitrogen and oxygen atoms in total. The number of para-hydroxylation sites is 1. The Morgan fingerprint density at radius 2 is 1.63 bits per heavy atom. The second kappa shape index (κ2) is 10.5. The molecule has 5 heteroatoms. The van der Waals surface area contributed by atoms with Gasteiger partial charge in [0.25, 0.3) is 8.32 Å². The van der Waals surface area contributed by atoms with Crippen molar-refractivity contribution in [1.82, 2.24) is 4.57 Å². The predicted octanol–water partition coefficient (Wildman–Crippen LogP) is 9.33. The van der Waals surface area contributed by atoms with E-state index < -0.39 is 13.9 Å². The third kappa shape index (κ3) is 5.40. The average molecular weight is 498 g/mol. The van der Waals surface area contributed by atoms with Gasteiger partial charge in [-0.05, 0) is 67.9 Å². The lowest BCUT2D eigenvalue weighted by Crippen LogP contribution is -2.47. The van der Waals surface area contributed by atoms with Gasteiger partial charge < -0.3 is 9.16 Å². The van der Waals surface area contributed by atoms with Gasteiger partial charge in [-0.25, -0.2) is 9.36 Å². The number of hydrogen-bond donors (Lipinski definition) is 0. The van der Waals surface area contributed by atoms with Gasteiger partial charge in [0.1, 0.15) is 5.60 Å². The standard InChI is InChI=1S/C30H47NO3Si/c1-11-14-23-19-24(34-35(20(2)3,21(4)5)22(6)7)17-18-27-28(23)25-15-12-13-16-26(25)31(27)29(32)33-30(8,9)10/h12-13,15-16,19-23H,11,14,17-18H2,1-10H3. The minimum Gasteiger partial charge on any atom is -0.546 e. The van der Waals surface area contributed by atoms with Crippen LogP contribution in [0.25, 0.3) is 10.9 Å². The maximum Gasteiger partial charge on any atom is 0.419 e. The molecule has 1 atom stereocenters. The number of aromatic nitrogens is 1. The zero-order chi connectivity index (χ0) is 26.1. The first kappa shape index (κ1) is 27.6. The molecule has 2 aromatic rings. The monoisotopic (exact) mass is 497 g/mol. The molecule has 1 aliphatic rings. The van der Waals surface area contributed by atoms with Crippen molar-refractivity contribution >= 4 is 25.3 Å². The van der Waals surface area contributed by atoms with Crippen LogP contribution in [0.15, 0.2) is 36.1 Å². The van der Waals surface area contributed by atoms with E-state index in [9.17, 15) is 4.79 Å². The van der Waals surface area contributed by atoms with Gasteiger partial charge in [0.2, 0.25) is 0 Å². The minimum absolute atomic E-state index is 0.222. The lowest BCUT2D eigenvalue weighted by molar-refractivity contribution is 0.0540. The zero-order valence-corrected chi connectivity index (χ0v) is 24.7. The lowest BCUT2D eigenvalue weighted by Gasteiger charge is -2.43. The summed E-state index contributed by atoms with van der Waals surface area (Å²) in [7, 11) is -2.06. The van der Waals surface area contributed by atoms with E-state index in [1.807, 2.05) is 37.5 Å². The summed E-state index contributed by atoms with van der Waals surface area (Å²) < 4.78 is 14.9. The van der Waals surface area contributed by atoms with E-state index in [4.69, 9.17) is 9.16 Å². The summed E-state index contributed by atoms with van der Waals surface area (Å²) in [4.78, 5) is 13.5. The van der Waals surface area contributed by atoms with Gasteiger partial charge in [-0.2, -0.15) is 0 Å². The first-order valence-electron chi connectivity index (χ1n) is 13.6. The first-order chi connectivity index (χ1) is 16.3. The fourth-order valence-electron chi connectivity index (χ4n) is 6.33. The Hall–Kier alpha value is -2.01. The summed E-state index contributed by atoms with van der Waals surface area (Å²) in [6, 6.07) is 8.29. The van der Waals surface area contributed by atoms with Crippen LogP contribution in [0.2, 0.25) is 16.6 Å². The summed E-state index contributed by atoms with van der Waals surface area (Å²) in [5, 5.41) is 1.16. The minimum atomic E-state index is -2.06. The van der Waals surface area contributed by atoms with E-state index >= 15 is 0 Å². The second-order valence-electron chi connectivity index (χ2n) is 12.1. The molecule has 0 saturated heterocycles. The summed E-state index contributed by atoms with van der Waals surface area (Å²) in [5.41, 5.74) is 4.32. The molecule has 0 aliphatic heterocycles. The summed E-state index contributed by atoms with van der Waals surface area (Å²) >= 11 is 0. The molecule has 1 aliphatic carbocycles. The van der Waals surface area contributed by atoms with E-state index in [0.29, 0.717) is 16.6 Å².